The topological polar surface area (TPSA) is 88.2 Å². The van der Waals surface area contributed by atoms with Crippen molar-refractivity contribution in [2.24, 2.45) is 0 Å². The molecule has 3 aromatic rings. The van der Waals surface area contributed by atoms with Gasteiger partial charge in [-0.3, -0.25) is 14.5 Å². The minimum Gasteiger partial charge on any atom is -0.320 e. The number of pyridine rings is 1. The summed E-state index contributed by atoms with van der Waals surface area (Å²) in [4.78, 5) is 16.6. The molecule has 0 bridgehead atoms. The van der Waals surface area contributed by atoms with Crippen LogP contribution in [0.4, 0.5) is 11.4 Å². The monoisotopic (exact) mass is 367 g/mol. The Morgan fingerprint density at radius 3 is 2.50 bits per heavy atom. The zero-order chi connectivity index (χ0) is 18.6. The van der Waals surface area contributed by atoms with Crippen LogP contribution in [0.5, 0.6) is 0 Å². The Balaban J connectivity index is 1.80. The molecule has 0 radical (unpaired) electrons. The van der Waals surface area contributed by atoms with Crippen LogP contribution in [0, 0.1) is 6.92 Å². The second-order valence-electron chi connectivity index (χ2n) is 5.64. The van der Waals surface area contributed by atoms with Gasteiger partial charge < -0.3 is 5.32 Å². The molecule has 0 aliphatic carbocycles. The molecule has 0 unspecified atom stereocenters. The standard InChI is InChI=1S/C19H17N3O3S/c1-14-10-11-20-13-18(14)21-19(23)15-6-5-7-16(12-15)22-26(24,25)17-8-3-2-4-9-17/h2-13,22H,1H3,(H,21,23). The summed E-state index contributed by atoms with van der Waals surface area (Å²) in [5, 5.41) is 2.77. The Morgan fingerprint density at radius 2 is 1.77 bits per heavy atom. The van der Waals surface area contributed by atoms with E-state index in [1.807, 2.05) is 6.92 Å². The van der Waals surface area contributed by atoms with Crippen molar-refractivity contribution in [2.45, 2.75) is 11.8 Å². The average molecular weight is 367 g/mol. The van der Waals surface area contributed by atoms with Crippen LogP contribution in [0.2, 0.25) is 0 Å². The predicted octanol–water partition coefficient (Wildman–Crippen LogP) is 3.44. The quantitative estimate of drug-likeness (QED) is 0.723. The molecule has 2 N–H and O–H groups in total. The van der Waals surface area contributed by atoms with Gasteiger partial charge in [-0.05, 0) is 48.9 Å². The summed E-state index contributed by atoms with van der Waals surface area (Å²) in [5.41, 5.74) is 2.13. The molecule has 0 aliphatic heterocycles. The first-order valence-corrected chi connectivity index (χ1v) is 9.34. The molecule has 132 valence electrons. The van der Waals surface area contributed by atoms with Gasteiger partial charge in [-0.2, -0.15) is 0 Å². The molecule has 26 heavy (non-hydrogen) atoms. The van der Waals surface area contributed by atoms with Crippen LogP contribution in [0.25, 0.3) is 0 Å². The van der Waals surface area contributed by atoms with E-state index in [-0.39, 0.29) is 10.8 Å². The van der Waals surface area contributed by atoms with Gasteiger partial charge in [0.25, 0.3) is 15.9 Å². The van der Waals surface area contributed by atoms with Gasteiger partial charge in [0.15, 0.2) is 0 Å². The van der Waals surface area contributed by atoms with Crippen LogP contribution in [0.1, 0.15) is 15.9 Å². The fourth-order valence-corrected chi connectivity index (χ4v) is 3.40. The van der Waals surface area contributed by atoms with Gasteiger partial charge in [-0.15, -0.1) is 0 Å². The van der Waals surface area contributed by atoms with Crippen molar-refractivity contribution in [1.29, 1.82) is 0 Å². The molecule has 7 heteroatoms. The summed E-state index contributed by atoms with van der Waals surface area (Å²) in [5.74, 6) is -0.346. The number of hydrogen-bond acceptors (Lipinski definition) is 4. The molecule has 2 aromatic carbocycles. The number of hydrogen-bond donors (Lipinski definition) is 2. The molecule has 0 atom stereocenters. The van der Waals surface area contributed by atoms with Crippen molar-refractivity contribution in [3.63, 3.8) is 0 Å². The fourth-order valence-electron chi connectivity index (χ4n) is 2.33. The van der Waals surface area contributed by atoms with Crippen molar-refractivity contribution in [3.05, 3.63) is 84.2 Å². The predicted molar refractivity (Wildman–Crippen MR) is 101 cm³/mol. The van der Waals surface area contributed by atoms with E-state index in [1.165, 1.54) is 18.2 Å². The van der Waals surface area contributed by atoms with Crippen LogP contribution in [-0.4, -0.2) is 19.3 Å². The van der Waals surface area contributed by atoms with E-state index in [9.17, 15) is 13.2 Å². The van der Waals surface area contributed by atoms with Crippen LogP contribution in [0.15, 0.2) is 78.0 Å². The summed E-state index contributed by atoms with van der Waals surface area (Å²) in [7, 11) is -3.71. The first-order chi connectivity index (χ1) is 12.5. The molecule has 0 saturated carbocycles. The van der Waals surface area contributed by atoms with Crippen molar-refractivity contribution in [2.75, 3.05) is 10.0 Å². The summed E-state index contributed by atoms with van der Waals surface area (Å²) in [6.45, 7) is 1.86. The molecule has 0 fully saturated rings. The third-order valence-corrected chi connectivity index (χ3v) is 5.11. The van der Waals surface area contributed by atoms with Gasteiger partial charge in [0.2, 0.25) is 0 Å². The first kappa shape index (κ1) is 17.6. The highest BCUT2D eigenvalue weighted by Crippen LogP contribution is 2.18. The summed E-state index contributed by atoms with van der Waals surface area (Å²) >= 11 is 0. The van der Waals surface area contributed by atoms with Gasteiger partial charge in [-0.1, -0.05) is 24.3 Å². The molecule has 6 nitrogen and oxygen atoms in total. The number of rotatable bonds is 5. The first-order valence-electron chi connectivity index (χ1n) is 7.85. The number of aromatic nitrogens is 1. The maximum Gasteiger partial charge on any atom is 0.261 e. The number of carbonyl (C=O) groups is 1. The Labute approximate surface area is 152 Å². The molecule has 0 aliphatic rings. The van der Waals surface area contributed by atoms with Gasteiger partial charge in [0.1, 0.15) is 0 Å². The molecular formula is C19H17N3O3S. The van der Waals surface area contributed by atoms with Crippen LogP contribution >= 0.6 is 0 Å². The highest BCUT2D eigenvalue weighted by atomic mass is 32.2. The van der Waals surface area contributed by atoms with Crippen LogP contribution < -0.4 is 10.0 Å². The van der Waals surface area contributed by atoms with Crippen molar-refractivity contribution in [3.8, 4) is 0 Å². The molecule has 1 heterocycles. The van der Waals surface area contributed by atoms with Gasteiger partial charge in [0.05, 0.1) is 16.8 Å². The van der Waals surface area contributed by atoms with Gasteiger partial charge in [-0.25, -0.2) is 8.42 Å². The zero-order valence-electron chi connectivity index (χ0n) is 14.0. The number of anilines is 2. The fraction of sp³-hybridized carbons (Fsp3) is 0.0526. The lowest BCUT2D eigenvalue weighted by Crippen LogP contribution is -2.15. The zero-order valence-corrected chi connectivity index (χ0v) is 14.8. The number of benzene rings is 2. The number of sulfonamides is 1. The van der Waals surface area contributed by atoms with E-state index in [2.05, 4.69) is 15.0 Å². The van der Waals surface area contributed by atoms with Crippen LogP contribution in [-0.2, 0) is 10.0 Å². The number of nitrogens with one attached hydrogen (secondary N) is 2. The Kier molecular flexibility index (Phi) is 4.99. The van der Waals surface area contributed by atoms with E-state index in [0.29, 0.717) is 16.9 Å². The number of aryl methyl sites for hydroxylation is 1. The molecule has 3 rings (SSSR count). The second kappa shape index (κ2) is 7.37. The maximum absolute atomic E-state index is 12.4. The molecule has 1 aromatic heterocycles. The van der Waals surface area contributed by atoms with Gasteiger partial charge in [0, 0.05) is 17.4 Å². The van der Waals surface area contributed by atoms with Crippen molar-refractivity contribution >= 4 is 27.3 Å². The molecular weight excluding hydrogens is 350 g/mol. The lowest BCUT2D eigenvalue weighted by molar-refractivity contribution is 0.102. The second-order valence-corrected chi connectivity index (χ2v) is 7.33. The minimum absolute atomic E-state index is 0.154. The minimum atomic E-state index is -3.71. The average Bonchev–Trinajstić information content (AvgIpc) is 2.64. The smallest absolute Gasteiger partial charge is 0.261 e. The van der Waals surface area contributed by atoms with E-state index >= 15 is 0 Å². The lowest BCUT2D eigenvalue weighted by atomic mass is 10.2. The Morgan fingerprint density at radius 1 is 1.00 bits per heavy atom. The normalized spacial score (nSPS) is 11.0. The summed E-state index contributed by atoms with van der Waals surface area (Å²) in [6.07, 6.45) is 3.21. The third kappa shape index (κ3) is 4.07. The molecule has 0 spiro atoms. The number of amides is 1. The summed E-state index contributed by atoms with van der Waals surface area (Å²) < 4.78 is 27.3. The van der Waals surface area contributed by atoms with E-state index in [0.717, 1.165) is 5.56 Å². The Hall–Kier alpha value is -3.19. The largest absolute Gasteiger partial charge is 0.320 e. The summed E-state index contributed by atoms with van der Waals surface area (Å²) in [6, 6.07) is 16.1. The van der Waals surface area contributed by atoms with Crippen molar-refractivity contribution < 1.29 is 13.2 Å². The maximum atomic E-state index is 12.4. The molecule has 1 amide bonds. The number of nitrogens with zero attached hydrogens (tertiary/aromatic N) is 1. The highest BCUT2D eigenvalue weighted by molar-refractivity contribution is 7.92. The molecule has 0 saturated heterocycles. The lowest BCUT2D eigenvalue weighted by Gasteiger charge is -2.10. The third-order valence-electron chi connectivity index (χ3n) is 3.72. The Bertz CT molecular complexity index is 1030. The highest BCUT2D eigenvalue weighted by Gasteiger charge is 2.15. The van der Waals surface area contributed by atoms with Gasteiger partial charge >= 0.3 is 0 Å². The van der Waals surface area contributed by atoms with E-state index in [4.69, 9.17) is 0 Å². The van der Waals surface area contributed by atoms with E-state index in [1.54, 1.807) is 54.9 Å². The SMILES string of the molecule is Cc1ccncc1NC(=O)c1cccc(NS(=O)(=O)c2ccccc2)c1. The van der Waals surface area contributed by atoms with Crippen LogP contribution in [0.3, 0.4) is 0 Å². The van der Waals surface area contributed by atoms with E-state index < -0.39 is 10.0 Å². The number of carbonyl (C=O) groups excluding carboxylic acids is 1. The van der Waals surface area contributed by atoms with Crippen molar-refractivity contribution in [1.82, 2.24) is 4.98 Å².